The molecule has 0 unspecified atom stereocenters. The van der Waals surface area contributed by atoms with Crippen LogP contribution in [0.5, 0.6) is 0 Å². The van der Waals surface area contributed by atoms with Crippen LogP contribution in [-0.4, -0.2) is 42.2 Å². The highest BCUT2D eigenvalue weighted by Gasteiger charge is 2.35. The van der Waals surface area contributed by atoms with Crippen molar-refractivity contribution in [1.82, 2.24) is 10.2 Å². The number of nitrogens with two attached hydrogens (primary N) is 1. The number of nitrogens with one attached hydrogen (secondary N) is 1. The third kappa shape index (κ3) is 3.09. The normalized spacial score (nSPS) is 25.9. The number of nitrogens with zero attached hydrogens (tertiary/aromatic N) is 1. The number of piperidine rings is 1. The lowest BCUT2D eigenvalue weighted by Gasteiger charge is -2.44. The summed E-state index contributed by atoms with van der Waals surface area (Å²) in [4.78, 5) is 2.56. The summed E-state index contributed by atoms with van der Waals surface area (Å²) in [6, 6.07) is 1.29. The smallest absolute Gasteiger partial charge is 0.0331 e. The minimum atomic E-state index is 0.197. The fourth-order valence-corrected chi connectivity index (χ4v) is 3.04. The van der Waals surface area contributed by atoms with Crippen molar-refractivity contribution in [3.05, 3.63) is 12.2 Å². The van der Waals surface area contributed by atoms with Crippen LogP contribution in [0.3, 0.4) is 0 Å². The van der Waals surface area contributed by atoms with Crippen LogP contribution in [0.2, 0.25) is 0 Å². The first-order valence-corrected chi connectivity index (χ1v) is 7.02. The second-order valence-electron chi connectivity index (χ2n) is 5.90. The van der Waals surface area contributed by atoms with Crippen molar-refractivity contribution in [3.63, 3.8) is 0 Å². The molecule has 0 aromatic heterocycles. The van der Waals surface area contributed by atoms with Crippen LogP contribution in [0, 0.1) is 0 Å². The van der Waals surface area contributed by atoms with Crippen molar-refractivity contribution in [2.45, 2.75) is 57.2 Å². The van der Waals surface area contributed by atoms with Gasteiger partial charge < -0.3 is 16.0 Å². The van der Waals surface area contributed by atoms with Gasteiger partial charge in [-0.25, -0.2) is 0 Å². The van der Waals surface area contributed by atoms with Gasteiger partial charge in [0, 0.05) is 37.3 Å². The largest absolute Gasteiger partial charge is 0.329 e. The molecule has 3 N–H and O–H groups in total. The van der Waals surface area contributed by atoms with Gasteiger partial charge in [-0.1, -0.05) is 12.2 Å². The molecule has 1 aliphatic heterocycles. The molecule has 0 spiro atoms. The van der Waals surface area contributed by atoms with Crippen LogP contribution in [0.1, 0.15) is 39.5 Å². The number of hydrogen-bond donors (Lipinski definition) is 2. The lowest BCUT2D eigenvalue weighted by Crippen LogP contribution is -2.60. The molecular formula is C14H27N3. The molecule has 3 heteroatoms. The molecule has 98 valence electrons. The predicted octanol–water partition coefficient (Wildman–Crippen LogP) is 1.50. The number of hydrogen-bond acceptors (Lipinski definition) is 3. The van der Waals surface area contributed by atoms with Crippen LogP contribution in [0.4, 0.5) is 0 Å². The molecule has 0 amide bonds. The quantitative estimate of drug-likeness (QED) is 0.728. The van der Waals surface area contributed by atoms with E-state index in [1.807, 2.05) is 0 Å². The molecule has 1 aliphatic carbocycles. The van der Waals surface area contributed by atoms with Crippen LogP contribution >= 0.6 is 0 Å². The monoisotopic (exact) mass is 237 g/mol. The fraction of sp³-hybridized carbons (Fsp3) is 0.857. The summed E-state index contributed by atoms with van der Waals surface area (Å²) in [5.41, 5.74) is 6.23. The highest BCUT2D eigenvalue weighted by molar-refractivity contribution is 5.03. The zero-order valence-electron chi connectivity index (χ0n) is 11.3. The lowest BCUT2D eigenvalue weighted by molar-refractivity contribution is 0.107. The van der Waals surface area contributed by atoms with Crippen molar-refractivity contribution in [3.8, 4) is 0 Å². The maximum absolute atomic E-state index is 6.04. The van der Waals surface area contributed by atoms with E-state index in [2.05, 4.69) is 36.2 Å². The van der Waals surface area contributed by atoms with Gasteiger partial charge in [-0.05, 0) is 39.5 Å². The number of rotatable bonds is 4. The van der Waals surface area contributed by atoms with E-state index in [-0.39, 0.29) is 5.54 Å². The van der Waals surface area contributed by atoms with Gasteiger partial charge >= 0.3 is 0 Å². The van der Waals surface area contributed by atoms with Gasteiger partial charge in [0.05, 0.1) is 0 Å². The second-order valence-corrected chi connectivity index (χ2v) is 5.90. The Hall–Kier alpha value is -0.380. The SMILES string of the molecule is CC(C)N1CCC(CN)(NC2CC=CC2)CC1. The van der Waals surface area contributed by atoms with Gasteiger partial charge in [-0.15, -0.1) is 0 Å². The molecule has 0 saturated carbocycles. The van der Waals surface area contributed by atoms with Crippen LogP contribution in [0.15, 0.2) is 12.2 Å². The van der Waals surface area contributed by atoms with E-state index >= 15 is 0 Å². The Morgan fingerprint density at radius 3 is 2.35 bits per heavy atom. The van der Waals surface area contributed by atoms with Gasteiger partial charge in [0.15, 0.2) is 0 Å². The molecule has 0 aromatic rings. The van der Waals surface area contributed by atoms with Gasteiger partial charge in [0.1, 0.15) is 0 Å². The summed E-state index contributed by atoms with van der Waals surface area (Å²) in [5.74, 6) is 0. The van der Waals surface area contributed by atoms with Crippen molar-refractivity contribution < 1.29 is 0 Å². The molecule has 3 nitrogen and oxygen atoms in total. The topological polar surface area (TPSA) is 41.3 Å². The highest BCUT2D eigenvalue weighted by atomic mass is 15.2. The fourth-order valence-electron chi connectivity index (χ4n) is 3.04. The number of likely N-dealkylation sites (tertiary alicyclic amines) is 1. The molecule has 1 saturated heterocycles. The molecule has 1 fully saturated rings. The van der Waals surface area contributed by atoms with E-state index in [9.17, 15) is 0 Å². The van der Waals surface area contributed by atoms with Crippen molar-refractivity contribution in [2.75, 3.05) is 19.6 Å². The lowest BCUT2D eigenvalue weighted by atomic mass is 9.86. The molecule has 1 heterocycles. The Kier molecular flexibility index (Phi) is 4.23. The van der Waals surface area contributed by atoms with Gasteiger partial charge in [-0.2, -0.15) is 0 Å². The van der Waals surface area contributed by atoms with E-state index in [1.54, 1.807) is 0 Å². The van der Waals surface area contributed by atoms with Crippen molar-refractivity contribution in [2.24, 2.45) is 5.73 Å². The molecule has 0 radical (unpaired) electrons. The van der Waals surface area contributed by atoms with Gasteiger partial charge in [-0.3, -0.25) is 0 Å². The molecule has 17 heavy (non-hydrogen) atoms. The third-order valence-corrected chi connectivity index (χ3v) is 4.39. The highest BCUT2D eigenvalue weighted by Crippen LogP contribution is 2.25. The Morgan fingerprint density at radius 2 is 1.88 bits per heavy atom. The summed E-state index contributed by atoms with van der Waals surface area (Å²) >= 11 is 0. The Bertz CT molecular complexity index is 257. The average Bonchev–Trinajstić information content (AvgIpc) is 2.82. The predicted molar refractivity (Wildman–Crippen MR) is 73.0 cm³/mol. The first kappa shape index (κ1) is 13.1. The Morgan fingerprint density at radius 1 is 1.29 bits per heavy atom. The van der Waals surface area contributed by atoms with Crippen molar-refractivity contribution >= 4 is 0 Å². The summed E-state index contributed by atoms with van der Waals surface area (Å²) in [6.45, 7) is 7.70. The zero-order chi connectivity index (χ0) is 12.3. The van der Waals surface area contributed by atoms with Gasteiger partial charge in [0.25, 0.3) is 0 Å². The molecule has 2 rings (SSSR count). The minimum absolute atomic E-state index is 0.197. The summed E-state index contributed by atoms with van der Waals surface area (Å²) in [6.07, 6.45) is 9.30. The molecule has 2 aliphatic rings. The zero-order valence-corrected chi connectivity index (χ0v) is 11.3. The molecule has 0 atom stereocenters. The van der Waals surface area contributed by atoms with Crippen LogP contribution < -0.4 is 11.1 Å². The van der Waals surface area contributed by atoms with Crippen LogP contribution in [0.25, 0.3) is 0 Å². The second kappa shape index (κ2) is 5.51. The first-order chi connectivity index (χ1) is 8.15. The Labute approximate surface area is 105 Å². The maximum atomic E-state index is 6.04. The van der Waals surface area contributed by atoms with E-state index in [0.717, 1.165) is 6.54 Å². The van der Waals surface area contributed by atoms with E-state index in [0.29, 0.717) is 12.1 Å². The summed E-state index contributed by atoms with van der Waals surface area (Å²) in [7, 11) is 0. The van der Waals surface area contributed by atoms with Gasteiger partial charge in [0.2, 0.25) is 0 Å². The van der Waals surface area contributed by atoms with E-state index < -0.39 is 0 Å². The van der Waals surface area contributed by atoms with Crippen LogP contribution in [-0.2, 0) is 0 Å². The standard InChI is InChI=1S/C14H27N3/c1-12(2)17-9-7-14(11-15,8-10-17)16-13-5-3-4-6-13/h3-4,12-13,16H,5-11,15H2,1-2H3. The molecule has 0 bridgehead atoms. The maximum Gasteiger partial charge on any atom is 0.0331 e. The van der Waals surface area contributed by atoms with Crippen molar-refractivity contribution in [1.29, 1.82) is 0 Å². The average molecular weight is 237 g/mol. The first-order valence-electron chi connectivity index (χ1n) is 7.02. The molecule has 0 aromatic carbocycles. The van der Waals surface area contributed by atoms with E-state index in [4.69, 9.17) is 5.73 Å². The van der Waals surface area contributed by atoms with E-state index in [1.165, 1.54) is 38.8 Å². The third-order valence-electron chi connectivity index (χ3n) is 4.39. The molecular weight excluding hydrogens is 210 g/mol. The summed E-state index contributed by atoms with van der Waals surface area (Å²) < 4.78 is 0. The Balaban J connectivity index is 1.88. The minimum Gasteiger partial charge on any atom is -0.329 e. The summed E-state index contributed by atoms with van der Waals surface area (Å²) in [5, 5.41) is 3.83.